The van der Waals surface area contributed by atoms with Crippen molar-refractivity contribution in [2.45, 2.75) is 6.92 Å². The maximum Gasteiger partial charge on any atom is 0.246 e. The number of hydrogen-bond acceptors (Lipinski definition) is 4. The molecular formula is C20H22N4O. The van der Waals surface area contributed by atoms with Crippen molar-refractivity contribution >= 4 is 11.7 Å². The summed E-state index contributed by atoms with van der Waals surface area (Å²) >= 11 is 0. The van der Waals surface area contributed by atoms with Crippen LogP contribution < -0.4 is 4.90 Å². The molecule has 2 aromatic rings. The van der Waals surface area contributed by atoms with E-state index in [9.17, 15) is 4.79 Å². The van der Waals surface area contributed by atoms with Gasteiger partial charge in [0, 0.05) is 43.9 Å². The van der Waals surface area contributed by atoms with E-state index < -0.39 is 0 Å². The van der Waals surface area contributed by atoms with Crippen LogP contribution in [0.15, 0.2) is 67.0 Å². The number of nitrogens with zero attached hydrogens (tertiary/aromatic N) is 4. The summed E-state index contributed by atoms with van der Waals surface area (Å²) in [6.45, 7) is 4.87. The summed E-state index contributed by atoms with van der Waals surface area (Å²) in [5.74, 6) is 0.968. The molecule has 5 nitrogen and oxygen atoms in total. The number of carbonyl (C=O) groups is 1. The predicted molar refractivity (Wildman–Crippen MR) is 100 cm³/mol. The van der Waals surface area contributed by atoms with E-state index in [4.69, 9.17) is 0 Å². The summed E-state index contributed by atoms with van der Waals surface area (Å²) in [5.41, 5.74) is 1.99. The Morgan fingerprint density at radius 3 is 2.52 bits per heavy atom. The van der Waals surface area contributed by atoms with Crippen LogP contribution in [0.2, 0.25) is 0 Å². The topological polar surface area (TPSA) is 49.3 Å². The molecular weight excluding hydrogens is 312 g/mol. The number of allylic oxidation sites excluding steroid dienone is 3. The molecule has 0 spiro atoms. The fraction of sp³-hybridized carbons (Fsp3) is 0.250. The molecule has 25 heavy (non-hydrogen) atoms. The van der Waals surface area contributed by atoms with Crippen molar-refractivity contribution in [2.75, 3.05) is 31.1 Å². The molecule has 2 heterocycles. The van der Waals surface area contributed by atoms with Gasteiger partial charge in [0.15, 0.2) is 0 Å². The summed E-state index contributed by atoms with van der Waals surface area (Å²) < 4.78 is 0. The van der Waals surface area contributed by atoms with E-state index >= 15 is 0 Å². The maximum absolute atomic E-state index is 12.1. The quantitative estimate of drug-likeness (QED) is 0.637. The Hall–Kier alpha value is -2.95. The SMILES string of the molecule is C/C=C/C=C/C(=O)N1CCN(c2cc(-c3ccccc3)ncn2)CC1. The first kappa shape index (κ1) is 16.9. The second kappa shape index (κ2) is 8.24. The summed E-state index contributed by atoms with van der Waals surface area (Å²) in [5, 5.41) is 0. The molecule has 1 saturated heterocycles. The van der Waals surface area contributed by atoms with Gasteiger partial charge in [0.1, 0.15) is 12.1 Å². The molecule has 0 aliphatic carbocycles. The number of amides is 1. The van der Waals surface area contributed by atoms with Crippen LogP contribution in [0.5, 0.6) is 0 Å². The van der Waals surface area contributed by atoms with Gasteiger partial charge >= 0.3 is 0 Å². The predicted octanol–water partition coefficient (Wildman–Crippen LogP) is 2.92. The Balaban J connectivity index is 1.64. The first-order valence-electron chi connectivity index (χ1n) is 8.48. The Bertz CT molecular complexity index is 762. The third kappa shape index (κ3) is 4.32. The fourth-order valence-corrected chi connectivity index (χ4v) is 2.80. The summed E-state index contributed by atoms with van der Waals surface area (Å²) in [6, 6.07) is 12.1. The van der Waals surface area contributed by atoms with E-state index in [2.05, 4.69) is 14.9 Å². The molecule has 0 N–H and O–H groups in total. The third-order valence-corrected chi connectivity index (χ3v) is 4.18. The molecule has 0 radical (unpaired) electrons. The average Bonchev–Trinajstić information content (AvgIpc) is 2.69. The van der Waals surface area contributed by atoms with Crippen molar-refractivity contribution in [3.8, 4) is 11.3 Å². The molecule has 1 aromatic heterocycles. The van der Waals surface area contributed by atoms with Crippen LogP contribution in [-0.2, 0) is 4.79 Å². The second-order valence-electron chi connectivity index (χ2n) is 5.82. The van der Waals surface area contributed by atoms with E-state index in [1.54, 1.807) is 18.5 Å². The molecule has 5 heteroatoms. The molecule has 0 atom stereocenters. The van der Waals surface area contributed by atoms with Crippen LogP contribution >= 0.6 is 0 Å². The lowest BCUT2D eigenvalue weighted by atomic mass is 10.1. The number of rotatable bonds is 4. The smallest absolute Gasteiger partial charge is 0.246 e. The summed E-state index contributed by atoms with van der Waals surface area (Å²) in [7, 11) is 0. The molecule has 3 rings (SSSR count). The largest absolute Gasteiger partial charge is 0.353 e. The first-order chi connectivity index (χ1) is 12.3. The molecule has 1 aromatic carbocycles. The Morgan fingerprint density at radius 1 is 1.04 bits per heavy atom. The lowest BCUT2D eigenvalue weighted by Gasteiger charge is -2.35. The van der Waals surface area contributed by atoms with E-state index in [1.165, 1.54) is 0 Å². The second-order valence-corrected chi connectivity index (χ2v) is 5.82. The highest BCUT2D eigenvalue weighted by Gasteiger charge is 2.20. The van der Waals surface area contributed by atoms with Crippen molar-refractivity contribution in [3.05, 3.63) is 67.0 Å². The van der Waals surface area contributed by atoms with Crippen LogP contribution in [-0.4, -0.2) is 47.0 Å². The minimum absolute atomic E-state index is 0.0606. The average molecular weight is 334 g/mol. The molecule has 1 fully saturated rings. The Labute approximate surface area is 148 Å². The number of anilines is 1. The van der Waals surface area contributed by atoms with Crippen LogP contribution in [0.3, 0.4) is 0 Å². The fourth-order valence-electron chi connectivity index (χ4n) is 2.80. The van der Waals surface area contributed by atoms with Gasteiger partial charge in [-0.1, -0.05) is 48.6 Å². The maximum atomic E-state index is 12.1. The minimum atomic E-state index is 0.0606. The monoisotopic (exact) mass is 334 g/mol. The van der Waals surface area contributed by atoms with Gasteiger partial charge in [-0.05, 0) is 6.92 Å². The molecule has 0 saturated carbocycles. The normalized spacial score (nSPS) is 15.2. The van der Waals surface area contributed by atoms with Gasteiger partial charge < -0.3 is 9.80 Å². The first-order valence-corrected chi connectivity index (χ1v) is 8.48. The van der Waals surface area contributed by atoms with Crippen molar-refractivity contribution in [1.29, 1.82) is 0 Å². The number of aromatic nitrogens is 2. The van der Waals surface area contributed by atoms with Crippen LogP contribution in [0, 0.1) is 0 Å². The number of carbonyl (C=O) groups excluding carboxylic acids is 1. The lowest BCUT2D eigenvalue weighted by molar-refractivity contribution is -0.126. The van der Waals surface area contributed by atoms with Crippen LogP contribution in [0.1, 0.15) is 6.92 Å². The van der Waals surface area contributed by atoms with E-state index in [-0.39, 0.29) is 5.91 Å². The third-order valence-electron chi connectivity index (χ3n) is 4.18. The molecule has 1 aliphatic rings. The number of hydrogen-bond donors (Lipinski definition) is 0. The highest BCUT2D eigenvalue weighted by atomic mass is 16.2. The molecule has 1 aliphatic heterocycles. The summed E-state index contributed by atoms with van der Waals surface area (Å²) in [4.78, 5) is 25.0. The zero-order valence-electron chi connectivity index (χ0n) is 14.4. The summed E-state index contributed by atoms with van der Waals surface area (Å²) in [6.07, 6.45) is 8.77. The Morgan fingerprint density at radius 2 is 1.80 bits per heavy atom. The number of piperazine rings is 1. The Kier molecular flexibility index (Phi) is 5.57. The van der Waals surface area contributed by atoms with Gasteiger partial charge in [0.2, 0.25) is 5.91 Å². The highest BCUT2D eigenvalue weighted by Crippen LogP contribution is 2.21. The van der Waals surface area contributed by atoms with Gasteiger partial charge in [0.05, 0.1) is 5.69 Å². The van der Waals surface area contributed by atoms with Crippen molar-refractivity contribution < 1.29 is 4.79 Å². The zero-order valence-corrected chi connectivity index (χ0v) is 14.4. The van der Waals surface area contributed by atoms with Gasteiger partial charge in [-0.15, -0.1) is 0 Å². The number of benzene rings is 1. The lowest BCUT2D eigenvalue weighted by Crippen LogP contribution is -2.48. The van der Waals surface area contributed by atoms with Gasteiger partial charge in [-0.3, -0.25) is 4.79 Å². The molecule has 0 bridgehead atoms. The van der Waals surface area contributed by atoms with Gasteiger partial charge in [-0.25, -0.2) is 9.97 Å². The standard InChI is InChI=1S/C20H22N4O/c1-2-3-5-10-20(25)24-13-11-23(12-14-24)19-15-18(21-16-22-19)17-8-6-4-7-9-17/h2-10,15-16H,11-14H2,1H3/b3-2+,10-5+. The van der Waals surface area contributed by atoms with Gasteiger partial charge in [0.25, 0.3) is 0 Å². The molecule has 1 amide bonds. The highest BCUT2D eigenvalue weighted by molar-refractivity contribution is 5.88. The van der Waals surface area contributed by atoms with Crippen LogP contribution in [0.4, 0.5) is 5.82 Å². The molecule has 0 unspecified atom stereocenters. The van der Waals surface area contributed by atoms with Crippen molar-refractivity contribution in [2.24, 2.45) is 0 Å². The van der Waals surface area contributed by atoms with E-state index in [0.717, 1.165) is 30.2 Å². The van der Waals surface area contributed by atoms with E-state index in [0.29, 0.717) is 13.1 Å². The minimum Gasteiger partial charge on any atom is -0.353 e. The van der Waals surface area contributed by atoms with Crippen molar-refractivity contribution in [1.82, 2.24) is 14.9 Å². The van der Waals surface area contributed by atoms with Crippen LogP contribution in [0.25, 0.3) is 11.3 Å². The van der Waals surface area contributed by atoms with Gasteiger partial charge in [-0.2, -0.15) is 0 Å². The zero-order chi connectivity index (χ0) is 17.5. The molecule has 128 valence electrons. The van der Waals surface area contributed by atoms with Crippen molar-refractivity contribution in [3.63, 3.8) is 0 Å². The van der Waals surface area contributed by atoms with E-state index in [1.807, 2.05) is 60.4 Å².